The summed E-state index contributed by atoms with van der Waals surface area (Å²) in [5, 5.41) is 3.15. The number of urea groups is 1. The van der Waals surface area contributed by atoms with E-state index in [-0.39, 0.29) is 6.03 Å². The normalized spacial score (nSPS) is 19.4. The van der Waals surface area contributed by atoms with Crippen LogP contribution >= 0.6 is 0 Å². The predicted molar refractivity (Wildman–Crippen MR) is 67.0 cm³/mol. The number of nitrogens with zero attached hydrogens (tertiary/aromatic N) is 1. The predicted octanol–water partition coefficient (Wildman–Crippen LogP) is 1.96. The Balaban J connectivity index is 1.60. The molecule has 1 fully saturated rings. The van der Waals surface area contributed by atoms with Crippen molar-refractivity contribution in [1.82, 2.24) is 10.2 Å². The van der Waals surface area contributed by atoms with Gasteiger partial charge in [0.2, 0.25) is 0 Å². The minimum atomic E-state index is 0.125. The van der Waals surface area contributed by atoms with Gasteiger partial charge in [0.15, 0.2) is 0 Å². The summed E-state index contributed by atoms with van der Waals surface area (Å²) in [4.78, 5) is 13.9. The van der Waals surface area contributed by atoms with Crippen molar-refractivity contribution in [3.63, 3.8) is 0 Å². The van der Waals surface area contributed by atoms with Crippen LogP contribution < -0.4 is 5.32 Å². The fourth-order valence-corrected chi connectivity index (χ4v) is 2.85. The molecule has 0 unspecified atom stereocenters. The second kappa shape index (κ2) is 4.40. The van der Waals surface area contributed by atoms with Gasteiger partial charge in [0.05, 0.1) is 0 Å². The number of likely N-dealkylation sites (tertiary alicyclic amines) is 1. The van der Waals surface area contributed by atoms with Crippen LogP contribution in [0.2, 0.25) is 0 Å². The van der Waals surface area contributed by atoms with Crippen molar-refractivity contribution in [1.29, 1.82) is 0 Å². The summed E-state index contributed by atoms with van der Waals surface area (Å²) in [5.74, 6) is 0. The standard InChI is InChI=1S/C14H18N2O/c17-14(16-7-3-4-8-16)15-13-9-11-5-1-2-6-12(11)10-13/h1-2,5-6,13H,3-4,7-10H2,(H,15,17). The topological polar surface area (TPSA) is 32.3 Å². The molecule has 0 bridgehead atoms. The average molecular weight is 230 g/mol. The maximum Gasteiger partial charge on any atom is 0.317 e. The van der Waals surface area contributed by atoms with Gasteiger partial charge >= 0.3 is 6.03 Å². The van der Waals surface area contributed by atoms with Gasteiger partial charge in [0.1, 0.15) is 0 Å². The molecule has 1 aromatic carbocycles. The SMILES string of the molecule is O=C(NC1Cc2ccccc2C1)N1CCCC1. The fourth-order valence-electron chi connectivity index (χ4n) is 2.85. The molecular formula is C14H18N2O. The van der Waals surface area contributed by atoms with Crippen LogP contribution in [-0.2, 0) is 12.8 Å². The largest absolute Gasteiger partial charge is 0.335 e. The second-order valence-electron chi connectivity index (χ2n) is 5.02. The molecule has 2 aliphatic rings. The monoisotopic (exact) mass is 230 g/mol. The quantitative estimate of drug-likeness (QED) is 0.786. The minimum absolute atomic E-state index is 0.125. The molecule has 1 N–H and O–H groups in total. The summed E-state index contributed by atoms with van der Waals surface area (Å²) in [6.07, 6.45) is 4.27. The van der Waals surface area contributed by atoms with E-state index >= 15 is 0 Å². The first kappa shape index (κ1) is 10.6. The van der Waals surface area contributed by atoms with Gasteiger partial charge in [-0.15, -0.1) is 0 Å². The van der Waals surface area contributed by atoms with E-state index in [0.29, 0.717) is 6.04 Å². The fraction of sp³-hybridized carbons (Fsp3) is 0.500. The number of benzene rings is 1. The molecule has 0 saturated carbocycles. The van der Waals surface area contributed by atoms with E-state index in [4.69, 9.17) is 0 Å². The van der Waals surface area contributed by atoms with Crippen LogP contribution in [0.4, 0.5) is 4.79 Å². The van der Waals surface area contributed by atoms with E-state index in [1.165, 1.54) is 11.1 Å². The molecule has 3 rings (SSSR count). The highest BCUT2D eigenvalue weighted by Crippen LogP contribution is 2.22. The van der Waals surface area contributed by atoms with Crippen molar-refractivity contribution in [2.24, 2.45) is 0 Å². The third-order valence-electron chi connectivity index (χ3n) is 3.77. The van der Waals surface area contributed by atoms with Gasteiger partial charge in [0.25, 0.3) is 0 Å². The molecule has 0 radical (unpaired) electrons. The third-order valence-corrected chi connectivity index (χ3v) is 3.77. The lowest BCUT2D eigenvalue weighted by molar-refractivity contribution is 0.205. The highest BCUT2D eigenvalue weighted by molar-refractivity contribution is 5.75. The number of carbonyl (C=O) groups excluding carboxylic acids is 1. The summed E-state index contributed by atoms with van der Waals surface area (Å²) in [6, 6.07) is 8.89. The van der Waals surface area contributed by atoms with Crippen LogP contribution in [0, 0.1) is 0 Å². The van der Waals surface area contributed by atoms with Gasteiger partial charge in [0, 0.05) is 19.1 Å². The average Bonchev–Trinajstić information content (AvgIpc) is 2.97. The Morgan fingerprint density at radius 3 is 2.29 bits per heavy atom. The molecule has 1 saturated heterocycles. The van der Waals surface area contributed by atoms with Gasteiger partial charge in [-0.05, 0) is 36.8 Å². The molecule has 1 aliphatic heterocycles. The first-order chi connectivity index (χ1) is 8.33. The van der Waals surface area contributed by atoms with Crippen molar-refractivity contribution in [2.45, 2.75) is 31.7 Å². The van der Waals surface area contributed by atoms with Crippen LogP contribution in [0.3, 0.4) is 0 Å². The maximum absolute atomic E-state index is 12.0. The number of fused-ring (bicyclic) bond motifs is 1. The Hall–Kier alpha value is -1.51. The molecule has 1 aromatic rings. The van der Waals surface area contributed by atoms with Crippen LogP contribution in [0.5, 0.6) is 0 Å². The molecule has 17 heavy (non-hydrogen) atoms. The van der Waals surface area contributed by atoms with Crippen molar-refractivity contribution in [3.05, 3.63) is 35.4 Å². The Kier molecular flexibility index (Phi) is 2.75. The first-order valence-electron chi connectivity index (χ1n) is 6.45. The minimum Gasteiger partial charge on any atom is -0.335 e. The van der Waals surface area contributed by atoms with Crippen LogP contribution in [-0.4, -0.2) is 30.1 Å². The lowest BCUT2D eigenvalue weighted by Gasteiger charge is -2.19. The molecule has 1 heterocycles. The third kappa shape index (κ3) is 2.14. The molecule has 3 heteroatoms. The van der Waals surface area contributed by atoms with Gasteiger partial charge in [-0.2, -0.15) is 0 Å². The lowest BCUT2D eigenvalue weighted by atomic mass is 10.1. The Labute approximate surface area is 102 Å². The second-order valence-corrected chi connectivity index (χ2v) is 5.02. The van der Waals surface area contributed by atoms with E-state index < -0.39 is 0 Å². The van der Waals surface area contributed by atoms with Crippen molar-refractivity contribution in [2.75, 3.05) is 13.1 Å². The molecule has 1 aliphatic carbocycles. The van der Waals surface area contributed by atoms with Crippen molar-refractivity contribution >= 4 is 6.03 Å². The van der Waals surface area contributed by atoms with Crippen molar-refractivity contribution in [3.8, 4) is 0 Å². The number of nitrogens with one attached hydrogen (secondary N) is 1. The summed E-state index contributed by atoms with van der Waals surface area (Å²) < 4.78 is 0. The smallest absolute Gasteiger partial charge is 0.317 e. The summed E-state index contributed by atoms with van der Waals surface area (Å²) >= 11 is 0. The van der Waals surface area contributed by atoms with Gasteiger partial charge in [-0.1, -0.05) is 24.3 Å². The molecular weight excluding hydrogens is 212 g/mol. The number of amides is 2. The van der Waals surface area contributed by atoms with E-state index in [2.05, 4.69) is 29.6 Å². The van der Waals surface area contributed by atoms with E-state index in [0.717, 1.165) is 38.8 Å². The Morgan fingerprint density at radius 2 is 1.71 bits per heavy atom. The summed E-state index contributed by atoms with van der Waals surface area (Å²) in [7, 11) is 0. The van der Waals surface area contributed by atoms with Crippen molar-refractivity contribution < 1.29 is 4.79 Å². The highest BCUT2D eigenvalue weighted by atomic mass is 16.2. The zero-order chi connectivity index (χ0) is 11.7. The number of hydrogen-bond acceptors (Lipinski definition) is 1. The zero-order valence-electron chi connectivity index (χ0n) is 9.98. The first-order valence-corrected chi connectivity index (χ1v) is 6.45. The van der Waals surface area contributed by atoms with Gasteiger partial charge in [-0.25, -0.2) is 4.79 Å². The number of carbonyl (C=O) groups is 1. The molecule has 2 amide bonds. The molecule has 0 aromatic heterocycles. The van der Waals surface area contributed by atoms with E-state index in [9.17, 15) is 4.79 Å². The summed E-state index contributed by atoms with van der Waals surface area (Å²) in [5.41, 5.74) is 2.78. The van der Waals surface area contributed by atoms with Crippen LogP contribution in [0.15, 0.2) is 24.3 Å². The maximum atomic E-state index is 12.0. The number of rotatable bonds is 1. The number of hydrogen-bond donors (Lipinski definition) is 1. The van der Waals surface area contributed by atoms with E-state index in [1.54, 1.807) is 0 Å². The molecule has 0 atom stereocenters. The Morgan fingerprint density at radius 1 is 1.12 bits per heavy atom. The van der Waals surface area contributed by atoms with Gasteiger partial charge < -0.3 is 10.2 Å². The van der Waals surface area contributed by atoms with E-state index in [1.807, 2.05) is 4.90 Å². The Bertz CT molecular complexity index is 399. The molecule has 0 spiro atoms. The lowest BCUT2D eigenvalue weighted by Crippen LogP contribution is -2.43. The van der Waals surface area contributed by atoms with Crippen LogP contribution in [0.25, 0.3) is 0 Å². The molecule has 3 nitrogen and oxygen atoms in total. The molecule has 90 valence electrons. The summed E-state index contributed by atoms with van der Waals surface area (Å²) in [6.45, 7) is 1.84. The zero-order valence-corrected chi connectivity index (χ0v) is 9.98. The van der Waals surface area contributed by atoms with Crippen LogP contribution in [0.1, 0.15) is 24.0 Å². The van der Waals surface area contributed by atoms with Gasteiger partial charge in [-0.3, -0.25) is 0 Å². The highest BCUT2D eigenvalue weighted by Gasteiger charge is 2.25.